The summed E-state index contributed by atoms with van der Waals surface area (Å²) in [7, 11) is 0. The number of aliphatic hydroxyl groups excluding tert-OH is 1. The number of carbonyl (C=O) groups is 2. The fourth-order valence-electron chi connectivity index (χ4n) is 4.74. The molecule has 4 N–H and O–H groups in total. The van der Waals surface area contributed by atoms with E-state index in [-0.39, 0.29) is 17.9 Å². The van der Waals surface area contributed by atoms with Crippen LogP contribution in [0.25, 0.3) is 0 Å². The number of benzene rings is 1. The Kier molecular flexibility index (Phi) is 7.40. The summed E-state index contributed by atoms with van der Waals surface area (Å²) in [5.41, 5.74) is 7.71. The number of amides is 2. The van der Waals surface area contributed by atoms with Crippen LogP contribution in [0.4, 0.5) is 5.69 Å². The number of aliphatic hydroxyl groups is 1. The zero-order valence-electron chi connectivity index (χ0n) is 18.1. The Hall–Kier alpha value is -2.07. The number of hydrogen-bond donors (Lipinski definition) is 3. The normalized spacial score (nSPS) is 21.8. The maximum atomic E-state index is 12.8. The topological polar surface area (TPSA) is 117 Å². The van der Waals surface area contributed by atoms with E-state index in [0.29, 0.717) is 67.2 Å². The number of rotatable bonds is 6. The number of piperidine rings is 1. The minimum atomic E-state index is -0.418. The molecule has 1 atom stereocenters. The van der Waals surface area contributed by atoms with Gasteiger partial charge in [-0.1, -0.05) is 11.6 Å². The van der Waals surface area contributed by atoms with Gasteiger partial charge in [0.25, 0.3) is 5.91 Å². The molecule has 9 nitrogen and oxygen atoms in total. The van der Waals surface area contributed by atoms with Gasteiger partial charge in [0.15, 0.2) is 0 Å². The van der Waals surface area contributed by atoms with Crippen LogP contribution in [-0.2, 0) is 16.0 Å². The molecule has 3 aliphatic heterocycles. The number of likely N-dealkylation sites (tertiary alicyclic amines) is 1. The summed E-state index contributed by atoms with van der Waals surface area (Å²) < 4.78 is 11.5. The second-order valence-corrected chi connectivity index (χ2v) is 9.08. The molecule has 0 aliphatic carbocycles. The van der Waals surface area contributed by atoms with Crippen molar-refractivity contribution in [2.24, 2.45) is 5.92 Å². The molecular weight excluding hydrogens is 436 g/mol. The smallest absolute Gasteiger partial charge is 0.255 e. The van der Waals surface area contributed by atoms with Crippen LogP contribution in [0.15, 0.2) is 6.07 Å². The third-order valence-electron chi connectivity index (χ3n) is 6.55. The average molecular weight is 467 g/mol. The van der Waals surface area contributed by atoms with Crippen LogP contribution in [-0.4, -0.2) is 91.9 Å². The number of fused-ring (bicyclic) bond motifs is 1. The SMILES string of the molecule is Nc1c(Cl)cc(C(=O)NCC2CN(CC3CCN(C(=O)CO)CC3)CCO2)c2c1CCO2. The summed E-state index contributed by atoms with van der Waals surface area (Å²) in [4.78, 5) is 28.5. The van der Waals surface area contributed by atoms with Crippen molar-refractivity contribution < 1.29 is 24.2 Å². The number of nitrogens with two attached hydrogens (primary N) is 1. The van der Waals surface area contributed by atoms with Gasteiger partial charge in [0.1, 0.15) is 12.4 Å². The van der Waals surface area contributed by atoms with Gasteiger partial charge in [-0.3, -0.25) is 14.5 Å². The van der Waals surface area contributed by atoms with Gasteiger partial charge in [0, 0.05) is 51.3 Å². The predicted molar refractivity (Wildman–Crippen MR) is 120 cm³/mol. The lowest BCUT2D eigenvalue weighted by atomic mass is 9.96. The molecule has 0 saturated carbocycles. The van der Waals surface area contributed by atoms with Gasteiger partial charge in [0.2, 0.25) is 5.91 Å². The van der Waals surface area contributed by atoms with Crippen molar-refractivity contribution in [3.8, 4) is 5.75 Å². The van der Waals surface area contributed by atoms with Gasteiger partial charge in [-0.05, 0) is 24.8 Å². The van der Waals surface area contributed by atoms with Gasteiger partial charge in [-0.15, -0.1) is 0 Å². The first-order chi connectivity index (χ1) is 15.5. The van der Waals surface area contributed by atoms with Crippen LogP contribution in [0.3, 0.4) is 0 Å². The number of anilines is 1. The summed E-state index contributed by atoms with van der Waals surface area (Å²) in [6.45, 7) is 5.04. The van der Waals surface area contributed by atoms with Crippen molar-refractivity contribution >= 4 is 29.1 Å². The first-order valence-corrected chi connectivity index (χ1v) is 11.6. The molecule has 2 saturated heterocycles. The van der Waals surface area contributed by atoms with Crippen molar-refractivity contribution in [2.45, 2.75) is 25.4 Å². The van der Waals surface area contributed by atoms with Gasteiger partial charge < -0.3 is 30.5 Å². The van der Waals surface area contributed by atoms with E-state index in [1.54, 1.807) is 11.0 Å². The average Bonchev–Trinajstić information content (AvgIpc) is 3.30. The lowest BCUT2D eigenvalue weighted by Crippen LogP contribution is -2.50. The molecular formula is C22H31ClN4O5. The minimum absolute atomic E-state index is 0.0954. The fourth-order valence-corrected chi connectivity index (χ4v) is 4.96. The van der Waals surface area contributed by atoms with Gasteiger partial charge in [-0.2, -0.15) is 0 Å². The first kappa shape index (κ1) is 23.1. The second-order valence-electron chi connectivity index (χ2n) is 8.67. The number of hydrogen-bond acceptors (Lipinski definition) is 7. The predicted octanol–water partition coefficient (Wildman–Crippen LogP) is 0.519. The van der Waals surface area contributed by atoms with Crippen molar-refractivity contribution in [3.63, 3.8) is 0 Å². The number of nitrogens with one attached hydrogen (secondary N) is 1. The molecule has 1 unspecified atom stereocenters. The number of morpholine rings is 1. The Morgan fingerprint density at radius 3 is 2.78 bits per heavy atom. The molecule has 176 valence electrons. The lowest BCUT2D eigenvalue weighted by Gasteiger charge is -2.38. The molecule has 0 radical (unpaired) electrons. The number of ether oxygens (including phenoxy) is 2. The van der Waals surface area contributed by atoms with Crippen LogP contribution in [0.5, 0.6) is 5.75 Å². The van der Waals surface area contributed by atoms with Crippen molar-refractivity contribution in [1.29, 1.82) is 0 Å². The molecule has 0 bridgehead atoms. The molecule has 3 aliphatic rings. The van der Waals surface area contributed by atoms with Crippen LogP contribution >= 0.6 is 11.6 Å². The maximum Gasteiger partial charge on any atom is 0.255 e. The van der Waals surface area contributed by atoms with E-state index in [0.717, 1.165) is 38.0 Å². The second kappa shape index (κ2) is 10.2. The Morgan fingerprint density at radius 2 is 2.03 bits per heavy atom. The largest absolute Gasteiger partial charge is 0.492 e. The standard InChI is InChI=1S/C22H31ClN4O5/c23-18-9-17(21-16(20(18)24)3-7-32-21)22(30)25-10-15-12-26(6-8-31-15)11-14-1-4-27(5-2-14)19(29)13-28/h9,14-15,28H,1-8,10-13,24H2,(H,25,30). The summed E-state index contributed by atoms with van der Waals surface area (Å²) in [6, 6.07) is 1.57. The number of carbonyl (C=O) groups excluding carboxylic acids is 2. The molecule has 0 spiro atoms. The van der Waals surface area contributed by atoms with Crippen molar-refractivity contribution in [1.82, 2.24) is 15.1 Å². The van der Waals surface area contributed by atoms with Gasteiger partial charge in [0.05, 0.1) is 35.6 Å². The fraction of sp³-hybridized carbons (Fsp3) is 0.636. The molecule has 4 rings (SSSR count). The van der Waals surface area contributed by atoms with E-state index in [2.05, 4.69) is 10.2 Å². The molecule has 2 fully saturated rings. The highest BCUT2D eigenvalue weighted by Gasteiger charge is 2.29. The highest BCUT2D eigenvalue weighted by atomic mass is 35.5. The summed E-state index contributed by atoms with van der Waals surface area (Å²) >= 11 is 6.21. The summed E-state index contributed by atoms with van der Waals surface area (Å²) in [5, 5.41) is 12.3. The van der Waals surface area contributed by atoms with Crippen LogP contribution in [0, 0.1) is 5.92 Å². The summed E-state index contributed by atoms with van der Waals surface area (Å²) in [5.74, 6) is 0.611. The van der Waals surface area contributed by atoms with Crippen molar-refractivity contribution in [2.75, 3.05) is 64.8 Å². The number of nitrogen functional groups attached to an aromatic ring is 1. The highest BCUT2D eigenvalue weighted by molar-refractivity contribution is 6.33. The molecule has 1 aromatic carbocycles. The zero-order valence-corrected chi connectivity index (χ0v) is 18.9. The van der Waals surface area contributed by atoms with Crippen LogP contribution in [0.2, 0.25) is 5.02 Å². The number of halogens is 1. The molecule has 32 heavy (non-hydrogen) atoms. The quantitative estimate of drug-likeness (QED) is 0.523. The minimum Gasteiger partial charge on any atom is -0.492 e. The summed E-state index contributed by atoms with van der Waals surface area (Å²) in [6.07, 6.45) is 2.43. The van der Waals surface area contributed by atoms with Crippen molar-refractivity contribution in [3.05, 3.63) is 22.2 Å². The molecule has 3 heterocycles. The first-order valence-electron chi connectivity index (χ1n) is 11.2. The molecule has 2 amide bonds. The highest BCUT2D eigenvalue weighted by Crippen LogP contribution is 2.38. The zero-order chi connectivity index (χ0) is 22.7. The molecule has 0 aromatic heterocycles. The van der Waals surface area contributed by atoms with E-state index in [1.165, 1.54) is 0 Å². The van der Waals surface area contributed by atoms with Crippen LogP contribution < -0.4 is 15.8 Å². The Morgan fingerprint density at radius 1 is 1.25 bits per heavy atom. The van der Waals surface area contributed by atoms with E-state index < -0.39 is 6.61 Å². The Balaban J connectivity index is 1.26. The molecule has 1 aromatic rings. The monoisotopic (exact) mass is 466 g/mol. The number of nitrogens with zero attached hydrogens (tertiary/aromatic N) is 2. The van der Waals surface area contributed by atoms with Gasteiger partial charge in [-0.25, -0.2) is 0 Å². The third kappa shape index (κ3) is 5.11. The molecule has 10 heteroatoms. The van der Waals surface area contributed by atoms with Gasteiger partial charge >= 0.3 is 0 Å². The van der Waals surface area contributed by atoms with E-state index in [1.807, 2.05) is 0 Å². The van der Waals surface area contributed by atoms with E-state index >= 15 is 0 Å². The van der Waals surface area contributed by atoms with E-state index in [9.17, 15) is 9.59 Å². The Bertz CT molecular complexity index is 859. The Labute approximate surface area is 192 Å². The van der Waals surface area contributed by atoms with E-state index in [4.69, 9.17) is 31.9 Å². The maximum absolute atomic E-state index is 12.8. The van der Waals surface area contributed by atoms with Crippen LogP contribution in [0.1, 0.15) is 28.8 Å². The lowest BCUT2D eigenvalue weighted by molar-refractivity contribution is -0.135. The third-order valence-corrected chi connectivity index (χ3v) is 6.86.